The lowest BCUT2D eigenvalue weighted by molar-refractivity contribution is -0.146. The molecule has 0 bridgehead atoms. The van der Waals surface area contributed by atoms with Gasteiger partial charge >= 0.3 is 11.9 Å². The van der Waals surface area contributed by atoms with Gasteiger partial charge in [0.25, 0.3) is 0 Å². The molecule has 51 heavy (non-hydrogen) atoms. The van der Waals surface area contributed by atoms with Gasteiger partial charge in [-0.3, -0.25) is 9.59 Å². The average molecular weight is 723 g/mol. The highest BCUT2D eigenvalue weighted by Crippen LogP contribution is 2.31. The van der Waals surface area contributed by atoms with E-state index >= 15 is 0 Å². The molecule has 304 valence electrons. The predicted molar refractivity (Wildman–Crippen MR) is 221 cm³/mol. The van der Waals surface area contributed by atoms with Crippen LogP contribution in [0.5, 0.6) is 0 Å². The van der Waals surface area contributed by atoms with E-state index in [2.05, 4.69) is 38.3 Å². The largest absolute Gasteiger partial charge is 0.480 e. The molecular formula is C45H90N2O4. The lowest BCUT2D eigenvalue weighted by Gasteiger charge is -2.35. The lowest BCUT2D eigenvalue weighted by atomic mass is 9.78. The molecule has 0 radical (unpaired) electrons. The van der Waals surface area contributed by atoms with Gasteiger partial charge in [-0.15, -0.1) is 0 Å². The lowest BCUT2D eigenvalue weighted by Crippen LogP contribution is -2.55. The van der Waals surface area contributed by atoms with Crippen LogP contribution in [0.1, 0.15) is 240 Å². The minimum absolute atomic E-state index is 0.0347. The second-order valence-corrected chi connectivity index (χ2v) is 15.9. The summed E-state index contributed by atoms with van der Waals surface area (Å²) in [6, 6.07) is 0. The van der Waals surface area contributed by atoms with Crippen LogP contribution in [-0.2, 0) is 14.3 Å². The van der Waals surface area contributed by atoms with E-state index in [1.165, 1.54) is 128 Å². The zero-order valence-corrected chi connectivity index (χ0v) is 34.9. The Kier molecular flexibility index (Phi) is 37.7. The van der Waals surface area contributed by atoms with E-state index in [-0.39, 0.29) is 5.97 Å². The summed E-state index contributed by atoms with van der Waals surface area (Å²) in [4.78, 5) is 25.2. The molecule has 0 saturated carbocycles. The topological polar surface area (TPSA) is 87.7 Å². The van der Waals surface area contributed by atoms with Gasteiger partial charge in [-0.25, -0.2) is 0 Å². The summed E-state index contributed by atoms with van der Waals surface area (Å²) in [5, 5.41) is 17.7. The number of carbonyl (C=O) groups excluding carboxylic acids is 1. The number of hydrogen-bond acceptors (Lipinski definition) is 5. The summed E-state index contributed by atoms with van der Waals surface area (Å²) in [6.07, 6.45) is 38.7. The Bertz CT molecular complexity index is 732. The normalized spacial score (nSPS) is 12.8. The van der Waals surface area contributed by atoms with Crippen LogP contribution in [0.25, 0.3) is 0 Å². The fourth-order valence-electron chi connectivity index (χ4n) is 7.62. The zero-order chi connectivity index (χ0) is 37.5. The molecular weight excluding hydrogens is 633 g/mol. The molecule has 1 unspecified atom stereocenters. The maximum absolute atomic E-state index is 13.1. The van der Waals surface area contributed by atoms with Crippen LogP contribution < -0.4 is 10.6 Å². The molecule has 0 aromatic rings. The number of nitrogens with one attached hydrogen (secondary N) is 2. The van der Waals surface area contributed by atoms with E-state index in [0.29, 0.717) is 31.9 Å². The number of aliphatic carboxylic acids is 1. The standard InChI is InChI=1S/C45H90N2O4/c1-5-9-12-15-18-19-23-28-33-40-51-43(48)36-31-26-21-20-22-27-32-37-45(44(49)50,47-39-38-46-8-4)41-42(34-29-24-16-13-10-6-2)35-30-25-17-14-11-7-3/h42,46-47H,5-41H2,1-4H3,(H,49,50). The van der Waals surface area contributed by atoms with Gasteiger partial charge in [-0.1, -0.05) is 207 Å². The van der Waals surface area contributed by atoms with Crippen LogP contribution in [0.4, 0.5) is 0 Å². The molecule has 0 fully saturated rings. The highest BCUT2D eigenvalue weighted by Gasteiger charge is 2.39. The van der Waals surface area contributed by atoms with Crippen LogP contribution in [0.15, 0.2) is 0 Å². The van der Waals surface area contributed by atoms with Gasteiger partial charge in [0.05, 0.1) is 6.61 Å². The van der Waals surface area contributed by atoms with Crippen LogP contribution in [0, 0.1) is 5.92 Å². The maximum Gasteiger partial charge on any atom is 0.323 e. The van der Waals surface area contributed by atoms with Gasteiger partial charge in [0.1, 0.15) is 5.54 Å². The number of unbranched alkanes of at least 4 members (excludes halogenated alkanes) is 24. The number of rotatable bonds is 42. The van der Waals surface area contributed by atoms with Gasteiger partial charge in [0, 0.05) is 19.5 Å². The predicted octanol–water partition coefficient (Wildman–Crippen LogP) is 13.1. The third kappa shape index (κ3) is 32.0. The molecule has 0 aliphatic rings. The van der Waals surface area contributed by atoms with Crippen molar-refractivity contribution < 1.29 is 19.4 Å². The summed E-state index contributed by atoms with van der Waals surface area (Å²) in [5.41, 5.74) is -0.834. The van der Waals surface area contributed by atoms with Gasteiger partial charge in [-0.2, -0.15) is 0 Å². The van der Waals surface area contributed by atoms with E-state index in [1.54, 1.807) is 0 Å². The summed E-state index contributed by atoms with van der Waals surface area (Å²) < 4.78 is 5.47. The molecule has 6 nitrogen and oxygen atoms in total. The number of esters is 1. The molecule has 0 aliphatic carbocycles. The SMILES string of the molecule is CCCCCCCCCCCOC(=O)CCCCCCCCCC(CC(CCCCCCCC)CCCCCCCC)(NCCNCC)C(=O)O. The van der Waals surface area contributed by atoms with Crippen molar-refractivity contribution in [2.24, 2.45) is 5.92 Å². The molecule has 6 heteroatoms. The third-order valence-electron chi connectivity index (χ3n) is 11.0. The molecule has 0 aromatic heterocycles. The summed E-state index contributed by atoms with van der Waals surface area (Å²) >= 11 is 0. The molecule has 0 amide bonds. The van der Waals surface area contributed by atoms with Gasteiger partial charge in [0.15, 0.2) is 0 Å². The second-order valence-electron chi connectivity index (χ2n) is 15.9. The first-order valence-corrected chi connectivity index (χ1v) is 22.8. The van der Waals surface area contributed by atoms with Crippen molar-refractivity contribution in [1.29, 1.82) is 0 Å². The highest BCUT2D eigenvalue weighted by molar-refractivity contribution is 5.78. The first-order chi connectivity index (χ1) is 25.0. The van der Waals surface area contributed by atoms with Crippen LogP contribution >= 0.6 is 0 Å². The zero-order valence-electron chi connectivity index (χ0n) is 34.9. The summed E-state index contributed by atoms with van der Waals surface area (Å²) in [7, 11) is 0. The number of ether oxygens (including phenoxy) is 1. The molecule has 0 rings (SSSR count). The molecule has 0 heterocycles. The van der Waals surface area contributed by atoms with E-state index in [1.807, 2.05) is 0 Å². The van der Waals surface area contributed by atoms with Crippen molar-refractivity contribution in [2.45, 2.75) is 245 Å². The molecule has 0 aliphatic heterocycles. The van der Waals surface area contributed by atoms with E-state index < -0.39 is 11.5 Å². The molecule has 0 saturated heterocycles. The van der Waals surface area contributed by atoms with Crippen molar-refractivity contribution >= 4 is 11.9 Å². The van der Waals surface area contributed by atoms with Crippen molar-refractivity contribution in [3.8, 4) is 0 Å². The molecule has 3 N–H and O–H groups in total. The van der Waals surface area contributed by atoms with Crippen LogP contribution in [0.3, 0.4) is 0 Å². The first kappa shape index (κ1) is 49.9. The van der Waals surface area contributed by atoms with Crippen molar-refractivity contribution in [2.75, 3.05) is 26.2 Å². The number of carboxylic acid groups (broad SMARTS) is 1. The van der Waals surface area contributed by atoms with E-state index in [4.69, 9.17) is 4.74 Å². The third-order valence-corrected chi connectivity index (χ3v) is 11.0. The van der Waals surface area contributed by atoms with Crippen LogP contribution in [-0.4, -0.2) is 48.8 Å². The fraction of sp³-hybridized carbons (Fsp3) is 0.956. The quantitative estimate of drug-likeness (QED) is 0.0429. The molecule has 1 atom stereocenters. The smallest absolute Gasteiger partial charge is 0.323 e. The number of carbonyl (C=O) groups is 2. The van der Waals surface area contributed by atoms with E-state index in [0.717, 1.165) is 83.7 Å². The Morgan fingerprint density at radius 2 is 0.980 bits per heavy atom. The maximum atomic E-state index is 13.1. The number of carboxylic acids is 1. The summed E-state index contributed by atoms with van der Waals surface area (Å²) in [5.74, 6) is -0.214. The Labute approximate surface area is 318 Å². The molecule has 0 spiro atoms. The second kappa shape index (κ2) is 38.6. The first-order valence-electron chi connectivity index (χ1n) is 22.8. The average Bonchev–Trinajstić information content (AvgIpc) is 3.12. The number of hydrogen-bond donors (Lipinski definition) is 3. The Hall–Kier alpha value is -1.14. The monoisotopic (exact) mass is 723 g/mol. The van der Waals surface area contributed by atoms with Gasteiger partial charge in [0.2, 0.25) is 0 Å². The van der Waals surface area contributed by atoms with Gasteiger partial charge < -0.3 is 20.5 Å². The Balaban J connectivity index is 4.62. The molecule has 0 aromatic carbocycles. The van der Waals surface area contributed by atoms with Crippen LogP contribution in [0.2, 0.25) is 0 Å². The van der Waals surface area contributed by atoms with Crippen molar-refractivity contribution in [3.63, 3.8) is 0 Å². The highest BCUT2D eigenvalue weighted by atomic mass is 16.5. The fourth-order valence-corrected chi connectivity index (χ4v) is 7.62. The minimum Gasteiger partial charge on any atom is -0.480 e. The van der Waals surface area contributed by atoms with Crippen molar-refractivity contribution in [1.82, 2.24) is 10.6 Å². The Morgan fingerprint density at radius 3 is 1.45 bits per heavy atom. The van der Waals surface area contributed by atoms with Gasteiger partial charge in [-0.05, 0) is 38.1 Å². The van der Waals surface area contributed by atoms with E-state index in [9.17, 15) is 14.7 Å². The van der Waals surface area contributed by atoms with Crippen molar-refractivity contribution in [3.05, 3.63) is 0 Å². The minimum atomic E-state index is -0.834. The number of likely N-dealkylation sites (N-methyl/N-ethyl adjacent to an activating group) is 1. The summed E-state index contributed by atoms with van der Waals surface area (Å²) in [6.45, 7) is 11.9. The Morgan fingerprint density at radius 1 is 0.549 bits per heavy atom.